The summed E-state index contributed by atoms with van der Waals surface area (Å²) in [5.74, 6) is 0.275. The number of hydrogen-bond donors (Lipinski definition) is 0. The molecule has 4 rings (SSSR count). The smallest absolute Gasteiger partial charge is 0.311 e. The van der Waals surface area contributed by atoms with Crippen molar-refractivity contribution in [1.82, 2.24) is 5.01 Å². The van der Waals surface area contributed by atoms with Crippen LogP contribution in [0.15, 0.2) is 47.6 Å². The number of amides is 1. The Labute approximate surface area is 185 Å². The van der Waals surface area contributed by atoms with Crippen molar-refractivity contribution in [3.05, 3.63) is 63.7 Å². The number of methoxy groups -OCH3 is 2. The largest absolute Gasteiger partial charge is 0.497 e. The summed E-state index contributed by atoms with van der Waals surface area (Å²) in [6, 6.07) is 11.3. The number of hydrogen-bond acceptors (Lipinski definition) is 7. The summed E-state index contributed by atoms with van der Waals surface area (Å²) in [7, 11) is 2.94. The maximum absolute atomic E-state index is 13.5. The van der Waals surface area contributed by atoms with Gasteiger partial charge in [0, 0.05) is 29.7 Å². The molecule has 0 aromatic heterocycles. The SMILES string of the molecule is COc1ccc(C2C3COC(C)(C)CC3=NN2C(=O)c2ccc(OC)c([N+](=O)[O-])c2)cc1. The van der Waals surface area contributed by atoms with Crippen LogP contribution < -0.4 is 9.47 Å². The predicted octanol–water partition coefficient (Wildman–Crippen LogP) is 3.98. The molecule has 1 saturated heterocycles. The lowest BCUT2D eigenvalue weighted by Gasteiger charge is -2.36. The van der Waals surface area contributed by atoms with Crippen molar-refractivity contribution in [2.75, 3.05) is 20.8 Å². The maximum atomic E-state index is 13.5. The zero-order chi connectivity index (χ0) is 23.0. The molecule has 0 saturated carbocycles. The average Bonchev–Trinajstić information content (AvgIpc) is 3.15. The van der Waals surface area contributed by atoms with Gasteiger partial charge in [-0.1, -0.05) is 12.1 Å². The third kappa shape index (κ3) is 3.91. The van der Waals surface area contributed by atoms with Crippen LogP contribution in [0.3, 0.4) is 0 Å². The second-order valence-corrected chi connectivity index (χ2v) is 8.46. The van der Waals surface area contributed by atoms with Crippen molar-refractivity contribution in [2.24, 2.45) is 11.0 Å². The zero-order valence-electron chi connectivity index (χ0n) is 18.4. The minimum atomic E-state index is -0.567. The van der Waals surface area contributed by atoms with Gasteiger partial charge in [0.1, 0.15) is 5.75 Å². The molecule has 168 valence electrons. The second-order valence-electron chi connectivity index (χ2n) is 8.46. The van der Waals surface area contributed by atoms with Gasteiger partial charge >= 0.3 is 5.69 Å². The van der Waals surface area contributed by atoms with Gasteiger partial charge in [-0.3, -0.25) is 14.9 Å². The molecule has 2 heterocycles. The van der Waals surface area contributed by atoms with E-state index in [2.05, 4.69) is 5.10 Å². The van der Waals surface area contributed by atoms with E-state index in [1.54, 1.807) is 7.11 Å². The van der Waals surface area contributed by atoms with E-state index < -0.39 is 10.8 Å². The first kappa shape index (κ1) is 21.8. The van der Waals surface area contributed by atoms with E-state index in [1.807, 2.05) is 38.1 Å². The number of nitro groups is 1. The van der Waals surface area contributed by atoms with Crippen molar-refractivity contribution in [2.45, 2.75) is 31.9 Å². The van der Waals surface area contributed by atoms with Gasteiger partial charge in [0.2, 0.25) is 0 Å². The van der Waals surface area contributed by atoms with Gasteiger partial charge in [-0.05, 0) is 43.7 Å². The standard InChI is InChI=1S/C23H25N3O6/c1-23(2)12-18-17(13-32-23)21(14-5-8-16(30-3)9-6-14)25(24-18)22(27)15-7-10-20(31-4)19(11-15)26(28)29/h5-11,17,21H,12-13H2,1-4H3. The summed E-state index contributed by atoms with van der Waals surface area (Å²) in [4.78, 5) is 24.4. The van der Waals surface area contributed by atoms with E-state index in [4.69, 9.17) is 14.2 Å². The fourth-order valence-corrected chi connectivity index (χ4v) is 4.23. The maximum Gasteiger partial charge on any atom is 0.311 e. The predicted molar refractivity (Wildman–Crippen MR) is 117 cm³/mol. The molecule has 1 fully saturated rings. The molecule has 0 bridgehead atoms. The van der Waals surface area contributed by atoms with Crippen LogP contribution in [0, 0.1) is 16.0 Å². The lowest BCUT2D eigenvalue weighted by atomic mass is 9.83. The third-order valence-corrected chi connectivity index (χ3v) is 5.86. The number of hydrazone groups is 1. The van der Waals surface area contributed by atoms with Gasteiger partial charge in [0.05, 0.1) is 37.4 Å². The Morgan fingerprint density at radius 2 is 1.91 bits per heavy atom. The molecular weight excluding hydrogens is 414 g/mol. The molecule has 1 amide bonds. The van der Waals surface area contributed by atoms with E-state index in [1.165, 1.54) is 30.3 Å². The zero-order valence-corrected chi connectivity index (χ0v) is 18.4. The molecule has 2 unspecified atom stereocenters. The molecule has 0 aliphatic carbocycles. The van der Waals surface area contributed by atoms with Crippen molar-refractivity contribution < 1.29 is 23.9 Å². The minimum Gasteiger partial charge on any atom is -0.497 e. The van der Waals surface area contributed by atoms with Gasteiger partial charge in [-0.25, -0.2) is 5.01 Å². The molecule has 2 aliphatic heterocycles. The molecule has 9 heteroatoms. The fraction of sp³-hybridized carbons (Fsp3) is 0.391. The number of ether oxygens (including phenoxy) is 3. The Bertz CT molecular complexity index is 1080. The second kappa shape index (κ2) is 8.23. The molecule has 2 atom stereocenters. The van der Waals surface area contributed by atoms with Crippen LogP contribution >= 0.6 is 0 Å². The first-order valence-electron chi connectivity index (χ1n) is 10.3. The topological polar surface area (TPSA) is 104 Å². The van der Waals surface area contributed by atoms with Gasteiger partial charge in [0.15, 0.2) is 5.75 Å². The molecule has 32 heavy (non-hydrogen) atoms. The number of nitrogens with zero attached hydrogens (tertiary/aromatic N) is 3. The Balaban J connectivity index is 1.75. The van der Waals surface area contributed by atoms with Crippen LogP contribution in [0.25, 0.3) is 0 Å². The molecule has 0 radical (unpaired) electrons. The first-order chi connectivity index (χ1) is 15.2. The highest BCUT2D eigenvalue weighted by molar-refractivity contribution is 5.99. The summed E-state index contributed by atoms with van der Waals surface area (Å²) >= 11 is 0. The number of carbonyl (C=O) groups excluding carboxylic acids is 1. The quantitative estimate of drug-likeness (QED) is 0.516. The lowest BCUT2D eigenvalue weighted by molar-refractivity contribution is -0.385. The van der Waals surface area contributed by atoms with E-state index in [0.29, 0.717) is 18.8 Å². The van der Waals surface area contributed by atoms with Crippen LogP contribution in [0.2, 0.25) is 0 Å². The molecule has 0 spiro atoms. The van der Waals surface area contributed by atoms with Gasteiger partial charge in [0.25, 0.3) is 5.91 Å². The van der Waals surface area contributed by atoms with E-state index in [-0.39, 0.29) is 34.6 Å². The van der Waals surface area contributed by atoms with Crippen LogP contribution in [-0.4, -0.2) is 48.0 Å². The molecular formula is C23H25N3O6. The van der Waals surface area contributed by atoms with Crippen molar-refractivity contribution in [3.63, 3.8) is 0 Å². The summed E-state index contributed by atoms with van der Waals surface area (Å²) in [5.41, 5.74) is 1.29. The van der Waals surface area contributed by atoms with Crippen LogP contribution in [0.5, 0.6) is 11.5 Å². The van der Waals surface area contributed by atoms with Crippen molar-refractivity contribution in [1.29, 1.82) is 0 Å². The molecule has 9 nitrogen and oxygen atoms in total. The normalized spacial score (nSPS) is 21.5. The Morgan fingerprint density at radius 1 is 1.19 bits per heavy atom. The Morgan fingerprint density at radius 3 is 2.53 bits per heavy atom. The highest BCUT2D eigenvalue weighted by Crippen LogP contribution is 2.43. The van der Waals surface area contributed by atoms with Crippen molar-refractivity contribution in [3.8, 4) is 11.5 Å². The van der Waals surface area contributed by atoms with Crippen LogP contribution in [-0.2, 0) is 4.74 Å². The molecule has 0 N–H and O–H groups in total. The van der Waals surface area contributed by atoms with E-state index in [0.717, 1.165) is 11.3 Å². The van der Waals surface area contributed by atoms with Crippen LogP contribution in [0.1, 0.15) is 42.2 Å². The Hall–Kier alpha value is -3.46. The van der Waals surface area contributed by atoms with E-state index >= 15 is 0 Å². The van der Waals surface area contributed by atoms with Gasteiger partial charge in [-0.15, -0.1) is 0 Å². The highest BCUT2D eigenvalue weighted by Gasteiger charge is 2.46. The Kier molecular flexibility index (Phi) is 5.60. The molecule has 2 aromatic carbocycles. The van der Waals surface area contributed by atoms with Gasteiger partial charge in [-0.2, -0.15) is 5.10 Å². The first-order valence-corrected chi connectivity index (χ1v) is 10.3. The average molecular weight is 439 g/mol. The lowest BCUT2D eigenvalue weighted by Crippen LogP contribution is -2.41. The number of fused-ring (bicyclic) bond motifs is 1. The fourth-order valence-electron chi connectivity index (χ4n) is 4.23. The monoisotopic (exact) mass is 439 g/mol. The third-order valence-electron chi connectivity index (χ3n) is 5.86. The number of benzene rings is 2. The van der Waals surface area contributed by atoms with Crippen LogP contribution in [0.4, 0.5) is 5.69 Å². The highest BCUT2D eigenvalue weighted by atomic mass is 16.6. The minimum absolute atomic E-state index is 0.0924. The number of nitro benzene ring substituents is 1. The summed E-state index contributed by atoms with van der Waals surface area (Å²) in [6.07, 6.45) is 0.594. The summed E-state index contributed by atoms with van der Waals surface area (Å²) < 4.78 is 16.4. The number of rotatable bonds is 5. The summed E-state index contributed by atoms with van der Waals surface area (Å²) in [6.45, 7) is 4.41. The summed E-state index contributed by atoms with van der Waals surface area (Å²) in [5, 5.41) is 17.6. The molecule has 2 aromatic rings. The van der Waals surface area contributed by atoms with Crippen molar-refractivity contribution >= 4 is 17.3 Å². The van der Waals surface area contributed by atoms with Gasteiger partial charge < -0.3 is 14.2 Å². The molecule has 2 aliphatic rings. The van der Waals surface area contributed by atoms with E-state index in [9.17, 15) is 14.9 Å². The number of carbonyl (C=O) groups is 1.